The van der Waals surface area contributed by atoms with Crippen LogP contribution in [0.15, 0.2) is 57.9 Å². The molecule has 0 radical (unpaired) electrons. The lowest BCUT2D eigenvalue weighted by Crippen LogP contribution is -2.42. The topological polar surface area (TPSA) is 102 Å². The molecule has 8 nitrogen and oxygen atoms in total. The van der Waals surface area contributed by atoms with Gasteiger partial charge in [0, 0.05) is 32.1 Å². The molecule has 3 N–H and O–H groups in total. The quantitative estimate of drug-likeness (QED) is 0.166. The highest BCUT2D eigenvalue weighted by Crippen LogP contribution is 2.20. The Morgan fingerprint density at radius 2 is 1.94 bits per heavy atom. The number of aromatic amines is 1. The number of nitrogens with one attached hydrogen (secondary N) is 3. The summed E-state index contributed by atoms with van der Waals surface area (Å²) in [6, 6.07) is 13.4. The fourth-order valence-corrected chi connectivity index (χ4v) is 5.24. The van der Waals surface area contributed by atoms with Crippen molar-refractivity contribution in [3.05, 3.63) is 59.4 Å². The summed E-state index contributed by atoms with van der Waals surface area (Å²) >= 11 is 1.26. The van der Waals surface area contributed by atoms with Crippen LogP contribution in [-0.2, 0) is 16.6 Å². The number of hydrogen-bond donors (Lipinski definition) is 3. The molecule has 0 aliphatic heterocycles. The largest absolute Gasteiger partial charge is 0.355 e. The number of sulfonamides is 1. The molecule has 0 fully saturated rings. The van der Waals surface area contributed by atoms with Gasteiger partial charge in [0.1, 0.15) is 10.0 Å². The Hall–Kier alpha value is -1.96. The Balaban J connectivity index is 0.00000341. The van der Waals surface area contributed by atoms with Crippen LogP contribution >= 0.6 is 35.3 Å². The summed E-state index contributed by atoms with van der Waals surface area (Å²) in [5.74, 6) is 1.46. The van der Waals surface area contributed by atoms with Gasteiger partial charge in [0.15, 0.2) is 5.96 Å². The highest BCUT2D eigenvalue weighted by molar-refractivity contribution is 14.0. The molecule has 168 valence electrons. The Labute approximate surface area is 204 Å². The van der Waals surface area contributed by atoms with Gasteiger partial charge in [-0.1, -0.05) is 30.3 Å². The van der Waals surface area contributed by atoms with Crippen LogP contribution in [0.2, 0.25) is 0 Å². The summed E-state index contributed by atoms with van der Waals surface area (Å²) in [6.45, 7) is 3.08. The zero-order valence-electron chi connectivity index (χ0n) is 17.6. The maximum absolute atomic E-state index is 12.3. The molecular formula is C20H27IN6O2S2. The minimum absolute atomic E-state index is 0. The minimum Gasteiger partial charge on any atom is -0.355 e. The van der Waals surface area contributed by atoms with Crippen molar-refractivity contribution in [3.63, 3.8) is 0 Å². The Morgan fingerprint density at radius 3 is 2.58 bits per heavy atom. The molecule has 1 aromatic carbocycles. The molecule has 0 aliphatic rings. The van der Waals surface area contributed by atoms with Gasteiger partial charge >= 0.3 is 0 Å². The van der Waals surface area contributed by atoms with Gasteiger partial charge < -0.3 is 15.2 Å². The molecule has 0 amide bonds. The van der Waals surface area contributed by atoms with Crippen LogP contribution < -0.4 is 10.0 Å². The zero-order chi connectivity index (χ0) is 21.6. The van der Waals surface area contributed by atoms with Crippen LogP contribution in [0.25, 0.3) is 11.3 Å². The fourth-order valence-electron chi connectivity index (χ4n) is 2.88. The number of halogens is 1. The second-order valence-electron chi connectivity index (χ2n) is 6.70. The molecule has 0 saturated heterocycles. The van der Waals surface area contributed by atoms with Crippen molar-refractivity contribution in [2.45, 2.75) is 17.7 Å². The first-order valence-corrected chi connectivity index (χ1v) is 11.8. The van der Waals surface area contributed by atoms with Crippen molar-refractivity contribution in [2.75, 3.05) is 27.2 Å². The molecule has 2 heterocycles. The maximum Gasteiger partial charge on any atom is 0.250 e. The Morgan fingerprint density at radius 1 is 1.19 bits per heavy atom. The lowest BCUT2D eigenvalue weighted by atomic mass is 10.2. The third-order valence-corrected chi connectivity index (χ3v) is 7.31. The second-order valence-corrected chi connectivity index (χ2v) is 9.98. The minimum atomic E-state index is -3.48. The highest BCUT2D eigenvalue weighted by Gasteiger charge is 2.15. The number of aliphatic imine (C=N–C) groups is 1. The number of thiophene rings is 1. The summed E-state index contributed by atoms with van der Waals surface area (Å²) in [5.41, 5.74) is 2.04. The SMILES string of the molecule is CN=C(NCCNS(=O)(=O)c1ccc(C)s1)N(C)Cc1ncc(-c2ccccc2)[nH]1.I. The third-order valence-electron chi connectivity index (χ3n) is 4.35. The Kier molecular flexibility index (Phi) is 9.47. The summed E-state index contributed by atoms with van der Waals surface area (Å²) in [5, 5.41) is 3.17. The van der Waals surface area contributed by atoms with Crippen molar-refractivity contribution in [1.29, 1.82) is 0 Å². The van der Waals surface area contributed by atoms with Gasteiger partial charge in [-0.2, -0.15) is 0 Å². The molecule has 0 unspecified atom stereocenters. The Bertz CT molecular complexity index is 1100. The standard InChI is InChI=1S/C20H26N6O2S2.HI/c1-15-9-10-19(29-15)30(27,28)24-12-11-22-20(21-2)26(3)14-18-23-13-17(25-18)16-7-5-4-6-8-16;/h4-10,13,24H,11-12,14H2,1-3H3,(H,21,22)(H,23,25);1H. The van der Waals surface area contributed by atoms with E-state index in [0.29, 0.717) is 23.3 Å². The van der Waals surface area contributed by atoms with Gasteiger partial charge in [-0.15, -0.1) is 35.3 Å². The molecule has 11 heteroatoms. The molecule has 0 aliphatic carbocycles. The first kappa shape index (κ1) is 25.3. The van der Waals surface area contributed by atoms with Crippen molar-refractivity contribution in [1.82, 2.24) is 24.9 Å². The predicted molar refractivity (Wildman–Crippen MR) is 137 cm³/mol. The lowest BCUT2D eigenvalue weighted by Gasteiger charge is -2.21. The molecule has 3 rings (SSSR count). The van der Waals surface area contributed by atoms with E-state index in [9.17, 15) is 8.42 Å². The number of nitrogens with zero attached hydrogens (tertiary/aromatic N) is 3. The number of guanidine groups is 1. The molecule has 0 bridgehead atoms. The van der Waals surface area contributed by atoms with Crippen molar-refractivity contribution in [2.24, 2.45) is 4.99 Å². The van der Waals surface area contributed by atoms with Crippen LogP contribution in [-0.4, -0.2) is 56.4 Å². The highest BCUT2D eigenvalue weighted by atomic mass is 127. The molecule has 0 spiro atoms. The fraction of sp³-hybridized carbons (Fsp3) is 0.300. The zero-order valence-corrected chi connectivity index (χ0v) is 21.6. The van der Waals surface area contributed by atoms with Crippen LogP contribution in [0.3, 0.4) is 0 Å². The molecule has 3 aromatic rings. The van der Waals surface area contributed by atoms with Crippen LogP contribution in [0.1, 0.15) is 10.7 Å². The first-order valence-electron chi connectivity index (χ1n) is 9.46. The average Bonchev–Trinajstić information content (AvgIpc) is 3.38. The summed E-state index contributed by atoms with van der Waals surface area (Å²) in [4.78, 5) is 14.9. The summed E-state index contributed by atoms with van der Waals surface area (Å²) in [7, 11) is 0.114. The monoisotopic (exact) mass is 574 g/mol. The van der Waals surface area contributed by atoms with Gasteiger partial charge in [0.25, 0.3) is 0 Å². The average molecular weight is 575 g/mol. The molecule has 2 aromatic heterocycles. The normalized spacial score (nSPS) is 11.8. The van der Waals surface area contributed by atoms with Crippen molar-refractivity contribution >= 4 is 51.3 Å². The van der Waals surface area contributed by atoms with E-state index < -0.39 is 10.0 Å². The van der Waals surface area contributed by atoms with Gasteiger partial charge in [0.05, 0.1) is 18.4 Å². The second kappa shape index (κ2) is 11.6. The van der Waals surface area contributed by atoms with Crippen molar-refractivity contribution in [3.8, 4) is 11.3 Å². The molecule has 0 atom stereocenters. The number of rotatable bonds is 8. The summed E-state index contributed by atoms with van der Waals surface area (Å²) < 4.78 is 27.5. The van der Waals surface area contributed by atoms with E-state index in [0.717, 1.165) is 22.0 Å². The number of hydrogen-bond acceptors (Lipinski definition) is 5. The predicted octanol–water partition coefficient (Wildman–Crippen LogP) is 3.05. The van der Waals surface area contributed by atoms with E-state index in [1.54, 1.807) is 19.2 Å². The number of imidazole rings is 1. The molecular weight excluding hydrogens is 547 g/mol. The van der Waals surface area contributed by atoms with E-state index in [1.807, 2.05) is 55.4 Å². The van der Waals surface area contributed by atoms with Gasteiger partial charge in [-0.05, 0) is 24.6 Å². The number of aryl methyl sites for hydroxylation is 1. The van der Waals surface area contributed by atoms with Crippen LogP contribution in [0.4, 0.5) is 0 Å². The molecule has 0 saturated carbocycles. The van der Waals surface area contributed by atoms with E-state index in [4.69, 9.17) is 0 Å². The van der Waals surface area contributed by atoms with Gasteiger partial charge in [-0.3, -0.25) is 4.99 Å². The first-order chi connectivity index (χ1) is 14.4. The van der Waals surface area contributed by atoms with Gasteiger partial charge in [-0.25, -0.2) is 18.1 Å². The lowest BCUT2D eigenvalue weighted by molar-refractivity contribution is 0.464. The smallest absolute Gasteiger partial charge is 0.250 e. The van der Waals surface area contributed by atoms with E-state index >= 15 is 0 Å². The maximum atomic E-state index is 12.3. The number of aromatic nitrogens is 2. The van der Waals surface area contributed by atoms with Gasteiger partial charge in [0.2, 0.25) is 10.0 Å². The van der Waals surface area contributed by atoms with E-state index in [1.165, 1.54) is 11.3 Å². The number of benzene rings is 1. The van der Waals surface area contributed by atoms with Crippen molar-refractivity contribution < 1.29 is 8.42 Å². The summed E-state index contributed by atoms with van der Waals surface area (Å²) in [6.07, 6.45) is 1.82. The van der Waals surface area contributed by atoms with Crippen LogP contribution in [0, 0.1) is 6.92 Å². The van der Waals surface area contributed by atoms with E-state index in [2.05, 4.69) is 25.0 Å². The number of H-pyrrole nitrogens is 1. The molecule has 31 heavy (non-hydrogen) atoms. The third kappa shape index (κ3) is 7.02. The van der Waals surface area contributed by atoms with E-state index in [-0.39, 0.29) is 30.5 Å². The van der Waals surface area contributed by atoms with Crippen LogP contribution in [0.5, 0.6) is 0 Å².